The number of allylic oxidation sites excluding steroid dienone is 1. The Labute approximate surface area is 233 Å². The Balaban J connectivity index is 1.50. The minimum absolute atomic E-state index is 0.517. The molecule has 0 aliphatic rings. The van der Waals surface area contributed by atoms with Crippen molar-refractivity contribution >= 4 is 39.8 Å². The number of aromatic nitrogens is 5. The monoisotopic (exact) mass is 535 g/mol. The molecule has 0 atom stereocenters. The van der Waals surface area contributed by atoms with E-state index in [-0.39, 0.29) is 0 Å². The van der Waals surface area contributed by atoms with Gasteiger partial charge < -0.3 is 15.6 Å². The smallest absolute Gasteiger partial charge is 0.178 e. The largest absolute Gasteiger partial charge is 0.373 e. The van der Waals surface area contributed by atoms with Gasteiger partial charge >= 0.3 is 0 Å². The van der Waals surface area contributed by atoms with E-state index in [9.17, 15) is 0 Å². The van der Waals surface area contributed by atoms with E-state index in [0.29, 0.717) is 33.8 Å². The van der Waals surface area contributed by atoms with Crippen LogP contribution >= 0.6 is 11.6 Å². The van der Waals surface area contributed by atoms with Gasteiger partial charge in [0.25, 0.3) is 0 Å². The zero-order valence-electron chi connectivity index (χ0n) is 22.2. The Bertz CT molecular complexity index is 1690. The van der Waals surface area contributed by atoms with Crippen molar-refractivity contribution < 1.29 is 0 Å². The molecule has 8 heteroatoms. The average Bonchev–Trinajstić information content (AvgIpc) is 3.36. The van der Waals surface area contributed by atoms with E-state index in [4.69, 9.17) is 16.6 Å². The molecule has 0 radical (unpaired) electrons. The lowest BCUT2D eigenvalue weighted by Gasteiger charge is -2.14. The minimum atomic E-state index is 0.517. The Hall–Kier alpha value is -4.49. The highest BCUT2D eigenvalue weighted by molar-refractivity contribution is 6.30. The summed E-state index contributed by atoms with van der Waals surface area (Å²) < 4.78 is 0. The predicted molar refractivity (Wildman–Crippen MR) is 162 cm³/mol. The number of hydrogen-bond donors (Lipinski definition) is 3. The molecule has 196 valence electrons. The van der Waals surface area contributed by atoms with E-state index in [1.54, 1.807) is 12.4 Å². The first-order valence-electron chi connectivity index (χ1n) is 12.7. The number of nitrogens with one attached hydrogen (secondary N) is 3. The molecule has 0 bridgehead atoms. The third-order valence-corrected chi connectivity index (χ3v) is 6.55. The van der Waals surface area contributed by atoms with Crippen molar-refractivity contribution in [1.82, 2.24) is 24.9 Å². The van der Waals surface area contributed by atoms with Gasteiger partial charge in [-0.25, -0.2) is 15.0 Å². The Morgan fingerprint density at radius 3 is 2.59 bits per heavy atom. The van der Waals surface area contributed by atoms with Crippen molar-refractivity contribution in [3.63, 3.8) is 0 Å². The van der Waals surface area contributed by atoms with Crippen LogP contribution < -0.4 is 10.6 Å². The maximum atomic E-state index is 6.25. The van der Waals surface area contributed by atoms with Gasteiger partial charge in [0.15, 0.2) is 5.65 Å². The molecular formula is C31H30ClN7. The molecule has 7 nitrogen and oxygen atoms in total. The SMILES string of the molecule is C=C(CC(C)C)Nc1cncc(-c2cnc(NC)c(C(=C)c3nc4nccc(-c5cccc(Cl)c5)c4[nH]3)c2)c1. The van der Waals surface area contributed by atoms with Crippen molar-refractivity contribution in [2.24, 2.45) is 5.92 Å². The van der Waals surface area contributed by atoms with Gasteiger partial charge in [-0.1, -0.05) is 50.7 Å². The summed E-state index contributed by atoms with van der Waals surface area (Å²) >= 11 is 6.25. The molecule has 4 aromatic heterocycles. The number of imidazole rings is 1. The van der Waals surface area contributed by atoms with Gasteiger partial charge in [0.1, 0.15) is 11.6 Å². The van der Waals surface area contributed by atoms with Crippen LogP contribution in [-0.4, -0.2) is 32.0 Å². The summed E-state index contributed by atoms with van der Waals surface area (Å²) in [6.45, 7) is 12.8. The first kappa shape index (κ1) is 26.1. The van der Waals surface area contributed by atoms with Crippen LogP contribution in [0.4, 0.5) is 11.5 Å². The third-order valence-electron chi connectivity index (χ3n) is 6.31. The molecule has 0 aliphatic heterocycles. The normalized spacial score (nSPS) is 11.1. The molecule has 0 fully saturated rings. The van der Waals surface area contributed by atoms with Gasteiger partial charge in [-0.05, 0) is 48.2 Å². The maximum Gasteiger partial charge on any atom is 0.178 e. The quantitative estimate of drug-likeness (QED) is 0.178. The lowest BCUT2D eigenvalue weighted by molar-refractivity contribution is 0.645. The van der Waals surface area contributed by atoms with Crippen LogP contribution in [0.25, 0.3) is 39.0 Å². The highest BCUT2D eigenvalue weighted by atomic mass is 35.5. The second-order valence-electron chi connectivity index (χ2n) is 9.79. The van der Waals surface area contributed by atoms with Gasteiger partial charge in [-0.15, -0.1) is 0 Å². The van der Waals surface area contributed by atoms with Crippen LogP contribution in [0, 0.1) is 5.92 Å². The number of H-pyrrole nitrogens is 1. The number of pyridine rings is 3. The predicted octanol–water partition coefficient (Wildman–Crippen LogP) is 7.81. The minimum Gasteiger partial charge on any atom is -0.373 e. The van der Waals surface area contributed by atoms with Crippen LogP contribution in [0.2, 0.25) is 5.02 Å². The van der Waals surface area contributed by atoms with E-state index in [1.807, 2.05) is 61.9 Å². The summed E-state index contributed by atoms with van der Waals surface area (Å²) in [7, 11) is 1.84. The van der Waals surface area contributed by atoms with Crippen LogP contribution in [0.3, 0.4) is 0 Å². The van der Waals surface area contributed by atoms with Crippen molar-refractivity contribution in [1.29, 1.82) is 0 Å². The summed E-state index contributed by atoms with van der Waals surface area (Å²) in [5.41, 5.74) is 8.54. The molecule has 0 saturated heterocycles. The fourth-order valence-electron chi connectivity index (χ4n) is 4.54. The molecule has 5 aromatic rings. The van der Waals surface area contributed by atoms with Crippen molar-refractivity contribution in [2.45, 2.75) is 20.3 Å². The molecule has 0 aliphatic carbocycles. The van der Waals surface area contributed by atoms with Crippen molar-refractivity contribution in [3.8, 4) is 22.3 Å². The third kappa shape index (κ3) is 5.68. The average molecular weight is 536 g/mol. The fourth-order valence-corrected chi connectivity index (χ4v) is 4.73. The number of rotatable bonds is 9. The van der Waals surface area contributed by atoms with Gasteiger partial charge in [-0.2, -0.15) is 0 Å². The first-order valence-corrected chi connectivity index (χ1v) is 13.1. The molecule has 0 unspecified atom stereocenters. The van der Waals surface area contributed by atoms with Crippen LogP contribution in [0.15, 0.2) is 86.1 Å². The zero-order chi connectivity index (χ0) is 27.5. The van der Waals surface area contributed by atoms with Gasteiger partial charge in [0, 0.05) is 64.2 Å². The summed E-state index contributed by atoms with van der Waals surface area (Å²) in [4.78, 5) is 21.8. The molecule has 0 spiro atoms. The van der Waals surface area contributed by atoms with E-state index in [2.05, 4.69) is 57.6 Å². The van der Waals surface area contributed by atoms with Crippen molar-refractivity contribution in [2.75, 3.05) is 17.7 Å². The highest BCUT2D eigenvalue weighted by Gasteiger charge is 2.17. The highest BCUT2D eigenvalue weighted by Crippen LogP contribution is 2.33. The van der Waals surface area contributed by atoms with Crippen LogP contribution in [0.1, 0.15) is 31.7 Å². The molecule has 3 N–H and O–H groups in total. The van der Waals surface area contributed by atoms with E-state index in [1.165, 1.54) is 0 Å². The number of hydrogen-bond acceptors (Lipinski definition) is 6. The van der Waals surface area contributed by atoms with Crippen LogP contribution in [-0.2, 0) is 0 Å². The topological polar surface area (TPSA) is 91.4 Å². The molecule has 4 heterocycles. The summed E-state index contributed by atoms with van der Waals surface area (Å²) in [5, 5.41) is 7.21. The molecule has 1 aromatic carbocycles. The Morgan fingerprint density at radius 1 is 1.00 bits per heavy atom. The summed E-state index contributed by atoms with van der Waals surface area (Å²) in [6, 6.07) is 13.8. The van der Waals surface area contributed by atoms with Gasteiger partial charge in [0.2, 0.25) is 0 Å². The zero-order valence-corrected chi connectivity index (χ0v) is 23.0. The second-order valence-corrected chi connectivity index (χ2v) is 10.2. The Kier molecular flexibility index (Phi) is 7.43. The second kappa shape index (κ2) is 11.1. The summed E-state index contributed by atoms with van der Waals surface area (Å²) in [5.74, 6) is 1.82. The number of halogens is 1. The Morgan fingerprint density at radius 2 is 1.82 bits per heavy atom. The number of aromatic amines is 1. The molecule has 5 rings (SSSR count). The van der Waals surface area contributed by atoms with E-state index >= 15 is 0 Å². The molecule has 39 heavy (non-hydrogen) atoms. The number of benzene rings is 1. The first-order chi connectivity index (χ1) is 18.8. The molecule has 0 saturated carbocycles. The number of nitrogens with zero attached hydrogens (tertiary/aromatic N) is 4. The van der Waals surface area contributed by atoms with Crippen LogP contribution in [0.5, 0.6) is 0 Å². The lowest BCUT2D eigenvalue weighted by atomic mass is 10.0. The lowest BCUT2D eigenvalue weighted by Crippen LogP contribution is -2.02. The molecular weight excluding hydrogens is 506 g/mol. The van der Waals surface area contributed by atoms with Gasteiger partial charge in [-0.3, -0.25) is 4.98 Å². The van der Waals surface area contributed by atoms with Gasteiger partial charge in [0.05, 0.1) is 17.4 Å². The van der Waals surface area contributed by atoms with E-state index < -0.39 is 0 Å². The fraction of sp³-hybridized carbons (Fsp3) is 0.161. The molecule has 0 amide bonds. The number of anilines is 2. The van der Waals surface area contributed by atoms with Crippen molar-refractivity contribution in [3.05, 3.63) is 103 Å². The number of fused-ring (bicyclic) bond motifs is 1. The van der Waals surface area contributed by atoms with E-state index in [0.717, 1.165) is 51.1 Å². The maximum absolute atomic E-state index is 6.25. The standard InChI is InChI=1S/C31H30ClN7/c1-18(2)11-19(3)37-25-13-22(15-34-17-25)23-14-27(30(33-5)36-16-23)20(4)29-38-28-26(9-10-35-31(28)39-29)21-7-6-8-24(32)12-21/h6-10,12-18,37H,3-4,11H2,1-2,5H3,(H,33,36)(H,35,38,39). The summed E-state index contributed by atoms with van der Waals surface area (Å²) in [6.07, 6.45) is 8.07.